The maximum Gasteiger partial charge on any atom is 0.305 e. The van der Waals surface area contributed by atoms with E-state index in [2.05, 4.69) is 10.3 Å². The zero-order chi connectivity index (χ0) is 10.6. The van der Waals surface area contributed by atoms with Crippen LogP contribution in [-0.4, -0.2) is 22.0 Å². The van der Waals surface area contributed by atoms with Crippen molar-refractivity contribution in [2.75, 3.05) is 0 Å². The molecule has 0 spiro atoms. The van der Waals surface area contributed by atoms with E-state index in [1.807, 2.05) is 0 Å². The molecular formula is C8H10N2O3S. The Morgan fingerprint density at radius 1 is 1.71 bits per heavy atom. The van der Waals surface area contributed by atoms with E-state index < -0.39 is 12.0 Å². The van der Waals surface area contributed by atoms with E-state index >= 15 is 0 Å². The van der Waals surface area contributed by atoms with Gasteiger partial charge in [0.2, 0.25) is 5.91 Å². The molecule has 1 amide bonds. The number of amides is 1. The number of rotatable bonds is 4. The first-order valence-electron chi connectivity index (χ1n) is 3.96. The molecule has 5 nitrogen and oxygen atoms in total. The van der Waals surface area contributed by atoms with E-state index in [1.54, 1.807) is 10.9 Å². The number of carboxylic acids is 1. The van der Waals surface area contributed by atoms with E-state index in [0.717, 1.165) is 0 Å². The molecule has 1 aromatic heterocycles. The first-order valence-corrected chi connectivity index (χ1v) is 4.91. The highest BCUT2D eigenvalue weighted by atomic mass is 32.1. The number of nitrogens with one attached hydrogen (secondary N) is 1. The van der Waals surface area contributed by atoms with Crippen molar-refractivity contribution in [1.82, 2.24) is 10.3 Å². The molecule has 0 aliphatic rings. The molecule has 1 heterocycles. The highest BCUT2D eigenvalue weighted by Crippen LogP contribution is 2.16. The van der Waals surface area contributed by atoms with Gasteiger partial charge in [-0.2, -0.15) is 0 Å². The van der Waals surface area contributed by atoms with Gasteiger partial charge in [0, 0.05) is 12.3 Å². The van der Waals surface area contributed by atoms with Gasteiger partial charge in [0.1, 0.15) is 0 Å². The second-order valence-corrected chi connectivity index (χ2v) is 3.48. The van der Waals surface area contributed by atoms with E-state index in [9.17, 15) is 9.59 Å². The van der Waals surface area contributed by atoms with Gasteiger partial charge in [-0.3, -0.25) is 9.59 Å². The molecule has 1 aromatic rings. The minimum absolute atomic E-state index is 0.149. The highest BCUT2D eigenvalue weighted by Gasteiger charge is 2.17. The van der Waals surface area contributed by atoms with Crippen LogP contribution in [0.15, 0.2) is 10.9 Å². The van der Waals surface area contributed by atoms with E-state index in [-0.39, 0.29) is 12.3 Å². The van der Waals surface area contributed by atoms with Crippen LogP contribution >= 0.6 is 11.3 Å². The summed E-state index contributed by atoms with van der Waals surface area (Å²) in [7, 11) is 0. The molecule has 0 aromatic carbocycles. The van der Waals surface area contributed by atoms with Gasteiger partial charge in [-0.25, -0.2) is 4.98 Å². The molecule has 76 valence electrons. The largest absolute Gasteiger partial charge is 0.481 e. The third-order valence-electron chi connectivity index (χ3n) is 1.56. The molecular weight excluding hydrogens is 204 g/mol. The number of hydrogen-bond donors (Lipinski definition) is 2. The van der Waals surface area contributed by atoms with Crippen LogP contribution in [0.5, 0.6) is 0 Å². The van der Waals surface area contributed by atoms with Gasteiger partial charge in [0.05, 0.1) is 23.7 Å². The first kappa shape index (κ1) is 10.6. The molecule has 14 heavy (non-hydrogen) atoms. The minimum Gasteiger partial charge on any atom is -0.481 e. The molecule has 1 atom stereocenters. The van der Waals surface area contributed by atoms with Crippen molar-refractivity contribution in [3.63, 3.8) is 0 Å². The Kier molecular flexibility index (Phi) is 3.58. The van der Waals surface area contributed by atoms with Crippen molar-refractivity contribution in [2.24, 2.45) is 0 Å². The van der Waals surface area contributed by atoms with E-state index in [1.165, 1.54) is 18.3 Å². The van der Waals surface area contributed by atoms with Crippen LogP contribution < -0.4 is 5.32 Å². The predicted molar refractivity (Wildman–Crippen MR) is 50.9 cm³/mol. The zero-order valence-corrected chi connectivity index (χ0v) is 8.37. The summed E-state index contributed by atoms with van der Waals surface area (Å²) >= 11 is 1.37. The molecule has 0 fully saturated rings. The molecule has 0 saturated carbocycles. The fourth-order valence-electron chi connectivity index (χ4n) is 1.04. The highest BCUT2D eigenvalue weighted by molar-refractivity contribution is 7.07. The van der Waals surface area contributed by atoms with Crippen LogP contribution in [0.2, 0.25) is 0 Å². The van der Waals surface area contributed by atoms with Crippen molar-refractivity contribution in [3.8, 4) is 0 Å². The smallest absolute Gasteiger partial charge is 0.305 e. The van der Waals surface area contributed by atoms with Crippen molar-refractivity contribution >= 4 is 23.2 Å². The summed E-state index contributed by atoms with van der Waals surface area (Å²) in [6.45, 7) is 1.35. The second-order valence-electron chi connectivity index (χ2n) is 2.76. The molecule has 0 radical (unpaired) electrons. The molecule has 0 aliphatic carbocycles. The molecule has 1 rings (SSSR count). The first-order chi connectivity index (χ1) is 6.59. The maximum absolute atomic E-state index is 10.8. The molecule has 0 unspecified atom stereocenters. The SMILES string of the molecule is CC(=O)N[C@@H](CC(=O)O)c1cscn1. The second kappa shape index (κ2) is 4.71. The van der Waals surface area contributed by atoms with E-state index in [0.29, 0.717) is 5.69 Å². The Morgan fingerprint density at radius 3 is 2.86 bits per heavy atom. The summed E-state index contributed by atoms with van der Waals surface area (Å²) < 4.78 is 0. The van der Waals surface area contributed by atoms with Gasteiger partial charge >= 0.3 is 5.97 Å². The summed E-state index contributed by atoms with van der Waals surface area (Å²) in [5.41, 5.74) is 2.19. The Morgan fingerprint density at radius 2 is 2.43 bits per heavy atom. The van der Waals surface area contributed by atoms with Crippen LogP contribution in [0.3, 0.4) is 0 Å². The number of aliphatic carboxylic acids is 1. The lowest BCUT2D eigenvalue weighted by Crippen LogP contribution is -2.28. The Hall–Kier alpha value is -1.43. The van der Waals surface area contributed by atoms with Crippen molar-refractivity contribution in [3.05, 3.63) is 16.6 Å². The summed E-state index contributed by atoms with van der Waals surface area (Å²) in [4.78, 5) is 25.3. The Labute approximate surface area is 84.8 Å². The van der Waals surface area contributed by atoms with Crippen LogP contribution in [0.4, 0.5) is 0 Å². The van der Waals surface area contributed by atoms with Crippen molar-refractivity contribution in [2.45, 2.75) is 19.4 Å². The molecule has 2 N–H and O–H groups in total. The predicted octanol–water partition coefficient (Wildman–Crippen LogP) is 0.795. The van der Waals surface area contributed by atoms with Crippen LogP contribution in [0, 0.1) is 0 Å². The lowest BCUT2D eigenvalue weighted by Gasteiger charge is -2.12. The normalized spacial score (nSPS) is 12.1. The Bertz CT molecular complexity index is 307. The van der Waals surface area contributed by atoms with Gasteiger partial charge in [-0.1, -0.05) is 0 Å². The average molecular weight is 214 g/mol. The van der Waals surface area contributed by atoms with Crippen molar-refractivity contribution < 1.29 is 14.7 Å². The quantitative estimate of drug-likeness (QED) is 0.776. The van der Waals surface area contributed by atoms with Crippen molar-refractivity contribution in [1.29, 1.82) is 0 Å². The summed E-state index contributed by atoms with van der Waals surface area (Å²) in [5.74, 6) is -1.22. The maximum atomic E-state index is 10.8. The topological polar surface area (TPSA) is 79.3 Å². The number of aromatic nitrogens is 1. The van der Waals surface area contributed by atoms with Gasteiger partial charge in [-0.15, -0.1) is 11.3 Å². The molecule has 0 saturated heterocycles. The van der Waals surface area contributed by atoms with Crippen LogP contribution in [-0.2, 0) is 9.59 Å². The third-order valence-corrected chi connectivity index (χ3v) is 2.17. The lowest BCUT2D eigenvalue weighted by atomic mass is 10.1. The number of hydrogen-bond acceptors (Lipinski definition) is 4. The van der Waals surface area contributed by atoms with Gasteiger partial charge in [-0.05, 0) is 0 Å². The monoisotopic (exact) mass is 214 g/mol. The lowest BCUT2D eigenvalue weighted by molar-refractivity contribution is -0.137. The van der Waals surface area contributed by atoms with Gasteiger partial charge in [0.25, 0.3) is 0 Å². The van der Waals surface area contributed by atoms with Gasteiger partial charge < -0.3 is 10.4 Å². The summed E-state index contributed by atoms with van der Waals surface area (Å²) in [5, 5.41) is 12.9. The fraction of sp³-hybridized carbons (Fsp3) is 0.375. The molecule has 0 aliphatic heterocycles. The van der Waals surface area contributed by atoms with E-state index in [4.69, 9.17) is 5.11 Å². The summed E-state index contributed by atoms with van der Waals surface area (Å²) in [6, 6.07) is -0.531. The number of carbonyl (C=O) groups excluding carboxylic acids is 1. The number of carbonyl (C=O) groups is 2. The van der Waals surface area contributed by atoms with Gasteiger partial charge in [0.15, 0.2) is 0 Å². The Balaban J connectivity index is 2.71. The number of carboxylic acid groups (broad SMARTS) is 1. The summed E-state index contributed by atoms with van der Waals surface area (Å²) in [6.07, 6.45) is -0.149. The average Bonchev–Trinajstić information content (AvgIpc) is 2.52. The number of thiazole rings is 1. The minimum atomic E-state index is -0.961. The zero-order valence-electron chi connectivity index (χ0n) is 7.56. The third kappa shape index (κ3) is 3.14. The fourth-order valence-corrected chi connectivity index (χ4v) is 1.65. The standard InChI is InChI=1S/C8H10N2O3S/c1-5(11)10-6(2-8(12)13)7-3-14-4-9-7/h3-4,6H,2H2,1H3,(H,10,11)(H,12,13)/t6-/m0/s1. The van der Waals surface area contributed by atoms with Crippen LogP contribution in [0.25, 0.3) is 0 Å². The number of nitrogens with zero attached hydrogens (tertiary/aromatic N) is 1. The molecule has 0 bridgehead atoms. The molecule has 6 heteroatoms. The van der Waals surface area contributed by atoms with Crippen LogP contribution in [0.1, 0.15) is 25.1 Å².